The van der Waals surface area contributed by atoms with Crippen LogP contribution in [0.25, 0.3) is 0 Å². The lowest BCUT2D eigenvalue weighted by molar-refractivity contribution is -0.0102. The van der Waals surface area contributed by atoms with Crippen LogP contribution in [0.1, 0.15) is 38.7 Å². The smallest absolute Gasteiger partial charge is 0.0604 e. The molecule has 1 aromatic rings. The van der Waals surface area contributed by atoms with Crippen molar-refractivity contribution in [3.05, 3.63) is 18.0 Å². The van der Waals surface area contributed by atoms with Gasteiger partial charge in [0.25, 0.3) is 0 Å². The van der Waals surface area contributed by atoms with Gasteiger partial charge in [0, 0.05) is 37.5 Å². The molecular weight excluding hydrogens is 214 g/mol. The fourth-order valence-corrected chi connectivity index (χ4v) is 2.22. The standard InChI is InChI=1S/C13H23N3O/c1-3-5-16-10-11(9-15-16)8-14-12-6-13(7-12)17-4-2/h9-10,12-14H,3-8H2,1-2H3. The van der Waals surface area contributed by atoms with Gasteiger partial charge in [-0.2, -0.15) is 5.10 Å². The van der Waals surface area contributed by atoms with Crippen molar-refractivity contribution in [2.24, 2.45) is 0 Å². The molecule has 0 atom stereocenters. The SMILES string of the molecule is CCCn1cc(CNC2CC(OCC)C2)cn1. The molecular formula is C13H23N3O. The molecule has 1 heterocycles. The van der Waals surface area contributed by atoms with Crippen molar-refractivity contribution >= 4 is 0 Å². The third kappa shape index (κ3) is 3.54. The maximum atomic E-state index is 5.54. The minimum Gasteiger partial charge on any atom is -0.378 e. The number of rotatable bonds is 7. The second kappa shape index (κ2) is 6.17. The van der Waals surface area contributed by atoms with E-state index in [0.717, 1.165) is 39.0 Å². The van der Waals surface area contributed by atoms with Gasteiger partial charge in [-0.3, -0.25) is 4.68 Å². The normalized spacial score (nSPS) is 23.6. The highest BCUT2D eigenvalue weighted by Gasteiger charge is 2.28. The van der Waals surface area contributed by atoms with Crippen molar-refractivity contribution in [2.45, 2.75) is 58.3 Å². The molecule has 17 heavy (non-hydrogen) atoms. The average Bonchev–Trinajstić information content (AvgIpc) is 2.70. The van der Waals surface area contributed by atoms with Crippen LogP contribution in [-0.4, -0.2) is 28.5 Å². The van der Waals surface area contributed by atoms with E-state index >= 15 is 0 Å². The van der Waals surface area contributed by atoms with Crippen molar-refractivity contribution in [3.63, 3.8) is 0 Å². The van der Waals surface area contributed by atoms with E-state index in [9.17, 15) is 0 Å². The molecule has 0 aromatic carbocycles. The van der Waals surface area contributed by atoms with Gasteiger partial charge in [-0.25, -0.2) is 0 Å². The van der Waals surface area contributed by atoms with E-state index in [4.69, 9.17) is 4.74 Å². The van der Waals surface area contributed by atoms with Crippen LogP contribution in [0, 0.1) is 0 Å². The molecule has 0 spiro atoms. The van der Waals surface area contributed by atoms with Gasteiger partial charge in [0.05, 0.1) is 12.3 Å². The fraction of sp³-hybridized carbons (Fsp3) is 0.769. The maximum absolute atomic E-state index is 5.54. The highest BCUT2D eigenvalue weighted by Crippen LogP contribution is 2.23. The van der Waals surface area contributed by atoms with E-state index in [1.54, 1.807) is 0 Å². The van der Waals surface area contributed by atoms with Crippen LogP contribution in [0.5, 0.6) is 0 Å². The Morgan fingerprint density at radius 2 is 2.29 bits per heavy atom. The Morgan fingerprint density at radius 3 is 3.00 bits per heavy atom. The Hall–Kier alpha value is -0.870. The molecule has 0 radical (unpaired) electrons. The van der Waals surface area contributed by atoms with E-state index in [1.807, 2.05) is 10.9 Å². The third-order valence-corrected chi connectivity index (χ3v) is 3.23. The van der Waals surface area contributed by atoms with Crippen molar-refractivity contribution < 1.29 is 4.74 Å². The summed E-state index contributed by atoms with van der Waals surface area (Å²) in [7, 11) is 0. The zero-order valence-corrected chi connectivity index (χ0v) is 10.9. The van der Waals surface area contributed by atoms with Gasteiger partial charge in [-0.05, 0) is 26.2 Å². The zero-order chi connectivity index (χ0) is 12.1. The van der Waals surface area contributed by atoms with E-state index in [1.165, 1.54) is 5.56 Å². The molecule has 4 heteroatoms. The van der Waals surface area contributed by atoms with Gasteiger partial charge in [0.2, 0.25) is 0 Å². The van der Waals surface area contributed by atoms with E-state index < -0.39 is 0 Å². The number of hydrogen-bond acceptors (Lipinski definition) is 3. The van der Waals surface area contributed by atoms with Crippen molar-refractivity contribution in [1.29, 1.82) is 0 Å². The first-order valence-electron chi connectivity index (χ1n) is 6.68. The minimum absolute atomic E-state index is 0.486. The lowest BCUT2D eigenvalue weighted by Crippen LogP contribution is -2.45. The summed E-state index contributed by atoms with van der Waals surface area (Å²) in [6, 6.07) is 0.626. The summed E-state index contributed by atoms with van der Waals surface area (Å²) in [5, 5.41) is 7.87. The number of ether oxygens (including phenoxy) is 1. The van der Waals surface area contributed by atoms with Crippen molar-refractivity contribution in [3.8, 4) is 0 Å². The van der Waals surface area contributed by atoms with Crippen LogP contribution in [0.4, 0.5) is 0 Å². The molecule has 0 saturated heterocycles. The quantitative estimate of drug-likeness (QED) is 0.788. The molecule has 1 aliphatic rings. The van der Waals surface area contributed by atoms with Crippen molar-refractivity contribution in [2.75, 3.05) is 6.61 Å². The summed E-state index contributed by atoms with van der Waals surface area (Å²) >= 11 is 0. The summed E-state index contributed by atoms with van der Waals surface area (Å²) in [5.41, 5.74) is 1.28. The molecule has 1 N–H and O–H groups in total. The molecule has 2 rings (SSSR count). The average molecular weight is 237 g/mol. The molecule has 0 aliphatic heterocycles. The van der Waals surface area contributed by atoms with Gasteiger partial charge in [-0.1, -0.05) is 6.92 Å². The zero-order valence-electron chi connectivity index (χ0n) is 10.9. The number of aryl methyl sites for hydroxylation is 1. The van der Waals surface area contributed by atoms with Gasteiger partial charge in [0.1, 0.15) is 0 Å². The van der Waals surface area contributed by atoms with Gasteiger partial charge in [-0.15, -0.1) is 0 Å². The van der Waals surface area contributed by atoms with Crippen LogP contribution >= 0.6 is 0 Å². The molecule has 0 bridgehead atoms. The predicted molar refractivity (Wildman–Crippen MR) is 67.8 cm³/mol. The summed E-state index contributed by atoms with van der Waals surface area (Å²) in [5.74, 6) is 0. The van der Waals surface area contributed by atoms with E-state index in [-0.39, 0.29) is 0 Å². The number of hydrogen-bond donors (Lipinski definition) is 1. The van der Waals surface area contributed by atoms with Gasteiger partial charge >= 0.3 is 0 Å². The van der Waals surface area contributed by atoms with Crippen LogP contribution in [0.3, 0.4) is 0 Å². The van der Waals surface area contributed by atoms with E-state index in [2.05, 4.69) is 30.5 Å². The first kappa shape index (κ1) is 12.6. The monoisotopic (exact) mass is 237 g/mol. The molecule has 1 aliphatic carbocycles. The summed E-state index contributed by atoms with van der Waals surface area (Å²) in [6.45, 7) is 6.99. The Kier molecular flexibility index (Phi) is 4.57. The second-order valence-electron chi connectivity index (χ2n) is 4.74. The highest BCUT2D eigenvalue weighted by atomic mass is 16.5. The Bertz CT molecular complexity index is 331. The van der Waals surface area contributed by atoms with Crippen molar-refractivity contribution in [1.82, 2.24) is 15.1 Å². The number of aromatic nitrogens is 2. The lowest BCUT2D eigenvalue weighted by Gasteiger charge is -2.35. The summed E-state index contributed by atoms with van der Waals surface area (Å²) in [6.07, 6.45) is 8.01. The maximum Gasteiger partial charge on any atom is 0.0604 e. The molecule has 4 nitrogen and oxygen atoms in total. The highest BCUT2D eigenvalue weighted by molar-refractivity contribution is 5.04. The molecule has 1 fully saturated rings. The Morgan fingerprint density at radius 1 is 1.47 bits per heavy atom. The first-order chi connectivity index (χ1) is 8.31. The predicted octanol–water partition coefficient (Wildman–Crippen LogP) is 1.95. The Labute approximate surface area is 103 Å². The van der Waals surface area contributed by atoms with Gasteiger partial charge < -0.3 is 10.1 Å². The van der Waals surface area contributed by atoms with Crippen LogP contribution in [-0.2, 0) is 17.8 Å². The molecule has 1 saturated carbocycles. The summed E-state index contributed by atoms with van der Waals surface area (Å²) in [4.78, 5) is 0. The largest absolute Gasteiger partial charge is 0.378 e. The van der Waals surface area contributed by atoms with Gasteiger partial charge in [0.15, 0.2) is 0 Å². The number of nitrogens with zero attached hydrogens (tertiary/aromatic N) is 2. The molecule has 1 aromatic heterocycles. The lowest BCUT2D eigenvalue weighted by atomic mass is 9.89. The third-order valence-electron chi connectivity index (χ3n) is 3.23. The number of nitrogens with one attached hydrogen (secondary N) is 1. The Balaban J connectivity index is 1.65. The fourth-order valence-electron chi connectivity index (χ4n) is 2.22. The first-order valence-corrected chi connectivity index (χ1v) is 6.68. The van der Waals surface area contributed by atoms with Crippen LogP contribution in [0.2, 0.25) is 0 Å². The topological polar surface area (TPSA) is 39.1 Å². The van der Waals surface area contributed by atoms with Crippen LogP contribution < -0.4 is 5.32 Å². The minimum atomic E-state index is 0.486. The molecule has 96 valence electrons. The molecule has 0 amide bonds. The molecule has 0 unspecified atom stereocenters. The second-order valence-corrected chi connectivity index (χ2v) is 4.74. The van der Waals surface area contributed by atoms with Crippen LogP contribution in [0.15, 0.2) is 12.4 Å². The summed E-state index contributed by atoms with van der Waals surface area (Å²) < 4.78 is 7.55. The van der Waals surface area contributed by atoms with E-state index in [0.29, 0.717) is 12.1 Å².